The van der Waals surface area contributed by atoms with Crippen molar-refractivity contribution >= 4 is 45.7 Å². The van der Waals surface area contributed by atoms with Crippen molar-refractivity contribution in [2.45, 2.75) is 6.92 Å². The molecule has 5 N–H and O–H groups in total. The molecular formula is C19H17N5O3S. The van der Waals surface area contributed by atoms with Gasteiger partial charge in [-0.3, -0.25) is 14.9 Å². The monoisotopic (exact) mass is 395 g/mol. The minimum atomic E-state index is -0.544. The number of nitrogens with two attached hydrogens (primary N) is 1. The lowest BCUT2D eigenvalue weighted by atomic mass is 10.2. The molecule has 0 fully saturated rings. The largest absolute Gasteiger partial charge is 0.366 e. The Balaban J connectivity index is 1.59. The first-order valence-corrected chi connectivity index (χ1v) is 9.10. The van der Waals surface area contributed by atoms with Crippen LogP contribution in [0.2, 0.25) is 0 Å². The molecule has 0 unspecified atom stereocenters. The number of benzene rings is 2. The van der Waals surface area contributed by atoms with Crippen LogP contribution in [0.1, 0.15) is 26.4 Å². The second-order valence-corrected chi connectivity index (χ2v) is 6.74. The van der Waals surface area contributed by atoms with E-state index in [-0.39, 0.29) is 5.69 Å². The van der Waals surface area contributed by atoms with E-state index in [0.29, 0.717) is 22.1 Å². The number of amides is 4. The van der Waals surface area contributed by atoms with Crippen LogP contribution < -0.4 is 21.7 Å². The molecule has 4 amide bonds. The van der Waals surface area contributed by atoms with E-state index in [9.17, 15) is 14.4 Å². The van der Waals surface area contributed by atoms with Crippen molar-refractivity contribution in [3.05, 3.63) is 70.7 Å². The number of anilines is 3. The maximum absolute atomic E-state index is 12.3. The number of primary amides is 1. The Kier molecular flexibility index (Phi) is 5.66. The van der Waals surface area contributed by atoms with Gasteiger partial charge in [0.25, 0.3) is 5.91 Å². The van der Waals surface area contributed by atoms with Gasteiger partial charge in [0.15, 0.2) is 5.13 Å². The maximum atomic E-state index is 12.3. The third-order valence-electron chi connectivity index (χ3n) is 3.66. The zero-order chi connectivity index (χ0) is 20.1. The summed E-state index contributed by atoms with van der Waals surface area (Å²) in [6.45, 7) is 1.93. The molecule has 2 aromatic carbocycles. The fraction of sp³-hybridized carbons (Fsp3) is 0.0526. The van der Waals surface area contributed by atoms with Crippen LogP contribution in [0.5, 0.6) is 0 Å². The van der Waals surface area contributed by atoms with Crippen molar-refractivity contribution in [2.75, 3.05) is 16.0 Å². The van der Waals surface area contributed by atoms with Crippen molar-refractivity contribution in [1.82, 2.24) is 4.98 Å². The van der Waals surface area contributed by atoms with Crippen LogP contribution in [0.15, 0.2) is 53.9 Å². The summed E-state index contributed by atoms with van der Waals surface area (Å²) in [5.74, 6) is -0.979. The molecule has 3 aromatic rings. The van der Waals surface area contributed by atoms with E-state index in [2.05, 4.69) is 20.9 Å². The van der Waals surface area contributed by atoms with Gasteiger partial charge < -0.3 is 16.4 Å². The molecule has 1 aromatic heterocycles. The van der Waals surface area contributed by atoms with Crippen LogP contribution in [0.3, 0.4) is 0 Å². The topological polar surface area (TPSA) is 126 Å². The fourth-order valence-electron chi connectivity index (χ4n) is 2.33. The SMILES string of the molecule is Cc1cccc(NC(=O)Nc2nc(C(=O)Nc3ccc(C(N)=O)cc3)cs2)c1. The summed E-state index contributed by atoms with van der Waals surface area (Å²) in [5.41, 5.74) is 7.86. The van der Waals surface area contributed by atoms with Crippen molar-refractivity contribution in [1.29, 1.82) is 0 Å². The van der Waals surface area contributed by atoms with Crippen molar-refractivity contribution in [2.24, 2.45) is 5.73 Å². The Morgan fingerprint density at radius 2 is 1.71 bits per heavy atom. The molecule has 3 rings (SSSR count). The predicted octanol–water partition coefficient (Wildman–Crippen LogP) is 3.45. The normalized spacial score (nSPS) is 10.2. The van der Waals surface area contributed by atoms with Gasteiger partial charge in [-0.25, -0.2) is 9.78 Å². The van der Waals surface area contributed by atoms with E-state index in [1.165, 1.54) is 17.5 Å². The fourth-order valence-corrected chi connectivity index (χ4v) is 3.02. The molecule has 0 saturated heterocycles. The number of nitrogens with zero attached hydrogens (tertiary/aromatic N) is 1. The van der Waals surface area contributed by atoms with Gasteiger partial charge >= 0.3 is 6.03 Å². The van der Waals surface area contributed by atoms with E-state index in [1.54, 1.807) is 18.2 Å². The van der Waals surface area contributed by atoms with Gasteiger partial charge in [0.1, 0.15) is 5.69 Å². The number of carbonyl (C=O) groups excluding carboxylic acids is 3. The number of carbonyl (C=O) groups is 3. The minimum Gasteiger partial charge on any atom is -0.366 e. The number of hydrogen-bond donors (Lipinski definition) is 4. The number of urea groups is 1. The molecule has 8 nitrogen and oxygen atoms in total. The maximum Gasteiger partial charge on any atom is 0.325 e. The van der Waals surface area contributed by atoms with Gasteiger partial charge in [0.05, 0.1) is 0 Å². The summed E-state index contributed by atoms with van der Waals surface area (Å²) in [5, 5.41) is 9.79. The average molecular weight is 395 g/mol. The number of rotatable bonds is 5. The summed E-state index contributed by atoms with van der Waals surface area (Å²) < 4.78 is 0. The molecular weight excluding hydrogens is 378 g/mol. The highest BCUT2D eigenvalue weighted by Crippen LogP contribution is 2.18. The quantitative estimate of drug-likeness (QED) is 0.528. The van der Waals surface area contributed by atoms with Gasteiger partial charge in [-0.1, -0.05) is 12.1 Å². The molecule has 0 aliphatic rings. The summed E-state index contributed by atoms with van der Waals surface area (Å²) >= 11 is 1.13. The highest BCUT2D eigenvalue weighted by atomic mass is 32.1. The summed E-state index contributed by atoms with van der Waals surface area (Å²) in [6.07, 6.45) is 0. The van der Waals surface area contributed by atoms with Crippen LogP contribution in [-0.2, 0) is 0 Å². The van der Waals surface area contributed by atoms with Crippen LogP contribution in [0.4, 0.5) is 21.3 Å². The third-order valence-corrected chi connectivity index (χ3v) is 4.42. The number of thiazole rings is 1. The Morgan fingerprint density at radius 3 is 2.39 bits per heavy atom. The van der Waals surface area contributed by atoms with Crippen LogP contribution >= 0.6 is 11.3 Å². The zero-order valence-corrected chi connectivity index (χ0v) is 15.7. The van der Waals surface area contributed by atoms with E-state index in [1.807, 2.05) is 25.1 Å². The Labute approximate surface area is 164 Å². The van der Waals surface area contributed by atoms with Gasteiger partial charge in [-0.05, 0) is 48.9 Å². The Hall–Kier alpha value is -3.72. The molecule has 0 spiro atoms. The lowest BCUT2D eigenvalue weighted by Crippen LogP contribution is -2.19. The number of aromatic nitrogens is 1. The van der Waals surface area contributed by atoms with Gasteiger partial charge in [0.2, 0.25) is 5.91 Å². The molecule has 0 aliphatic carbocycles. The van der Waals surface area contributed by atoms with E-state index in [0.717, 1.165) is 16.9 Å². The molecule has 0 aliphatic heterocycles. The van der Waals surface area contributed by atoms with Gasteiger partial charge in [-0.2, -0.15) is 0 Å². The molecule has 28 heavy (non-hydrogen) atoms. The molecule has 0 bridgehead atoms. The zero-order valence-electron chi connectivity index (χ0n) is 14.9. The standard InChI is InChI=1S/C19H17N5O3S/c1-11-3-2-4-14(9-11)22-18(27)24-19-23-15(10-28-19)17(26)21-13-7-5-12(6-8-13)16(20)25/h2-10H,1H3,(H2,20,25)(H,21,26)(H2,22,23,24,27). The number of aryl methyl sites for hydroxylation is 1. The second kappa shape index (κ2) is 8.31. The summed E-state index contributed by atoms with van der Waals surface area (Å²) in [4.78, 5) is 39.5. The van der Waals surface area contributed by atoms with Gasteiger partial charge in [0, 0.05) is 22.3 Å². The number of hydrogen-bond acceptors (Lipinski definition) is 5. The van der Waals surface area contributed by atoms with E-state index >= 15 is 0 Å². The van der Waals surface area contributed by atoms with Crippen LogP contribution in [0, 0.1) is 6.92 Å². The molecule has 9 heteroatoms. The second-order valence-electron chi connectivity index (χ2n) is 5.88. The number of nitrogens with one attached hydrogen (secondary N) is 3. The first-order valence-electron chi connectivity index (χ1n) is 8.22. The lowest BCUT2D eigenvalue weighted by molar-refractivity contribution is 0.0998. The Morgan fingerprint density at radius 1 is 0.964 bits per heavy atom. The van der Waals surface area contributed by atoms with Crippen molar-refractivity contribution < 1.29 is 14.4 Å². The van der Waals surface area contributed by atoms with Crippen LogP contribution in [-0.4, -0.2) is 22.8 Å². The summed E-state index contributed by atoms with van der Waals surface area (Å²) in [6, 6.07) is 13.1. The smallest absolute Gasteiger partial charge is 0.325 e. The summed E-state index contributed by atoms with van der Waals surface area (Å²) in [7, 11) is 0. The highest BCUT2D eigenvalue weighted by molar-refractivity contribution is 7.14. The Bertz CT molecular complexity index is 1030. The average Bonchev–Trinajstić information content (AvgIpc) is 3.10. The third kappa shape index (κ3) is 4.92. The van der Waals surface area contributed by atoms with Crippen molar-refractivity contribution in [3.8, 4) is 0 Å². The van der Waals surface area contributed by atoms with Crippen molar-refractivity contribution in [3.63, 3.8) is 0 Å². The molecule has 0 radical (unpaired) electrons. The van der Waals surface area contributed by atoms with Crippen LogP contribution in [0.25, 0.3) is 0 Å². The van der Waals surface area contributed by atoms with Gasteiger partial charge in [-0.15, -0.1) is 11.3 Å². The predicted molar refractivity (Wildman–Crippen MR) is 109 cm³/mol. The molecule has 142 valence electrons. The van der Waals surface area contributed by atoms with E-state index < -0.39 is 17.8 Å². The highest BCUT2D eigenvalue weighted by Gasteiger charge is 2.13. The molecule has 0 saturated carbocycles. The minimum absolute atomic E-state index is 0.162. The molecule has 0 atom stereocenters. The molecule has 1 heterocycles. The first kappa shape index (κ1) is 19.1. The lowest BCUT2D eigenvalue weighted by Gasteiger charge is -2.06. The van der Waals surface area contributed by atoms with E-state index in [4.69, 9.17) is 5.73 Å². The first-order chi connectivity index (χ1) is 13.4.